The second-order valence-corrected chi connectivity index (χ2v) is 8.38. The molecule has 0 bridgehead atoms. The second kappa shape index (κ2) is 8.19. The number of carbonyl (C=O) groups excluding carboxylic acids is 1. The topological polar surface area (TPSA) is 84.3 Å². The Bertz CT molecular complexity index is 1540. The minimum Gasteiger partial charge on any atom is -0.497 e. The Labute approximate surface area is 196 Å². The summed E-state index contributed by atoms with van der Waals surface area (Å²) in [5.41, 5.74) is 6.79. The molecule has 2 N–H and O–H groups in total. The first kappa shape index (κ1) is 20.2. The van der Waals surface area contributed by atoms with Crippen molar-refractivity contribution in [3.63, 3.8) is 0 Å². The van der Waals surface area contributed by atoms with E-state index in [-0.39, 0.29) is 12.5 Å². The molecular weight excluding hydrogens is 426 g/mol. The number of ether oxygens (including phenoxy) is 1. The fourth-order valence-electron chi connectivity index (χ4n) is 4.66. The monoisotopic (exact) mass is 449 g/mol. The van der Waals surface area contributed by atoms with Gasteiger partial charge in [-0.2, -0.15) is 0 Å². The Balaban J connectivity index is 1.37. The van der Waals surface area contributed by atoms with Gasteiger partial charge in [0.25, 0.3) is 0 Å². The first-order valence-electron chi connectivity index (χ1n) is 11.2. The van der Waals surface area contributed by atoms with Crippen molar-refractivity contribution in [2.24, 2.45) is 4.99 Å². The smallest absolute Gasteiger partial charge is 0.244 e. The Morgan fingerprint density at radius 1 is 1.18 bits per heavy atom. The van der Waals surface area contributed by atoms with E-state index in [4.69, 9.17) is 4.74 Å². The summed E-state index contributed by atoms with van der Waals surface area (Å²) in [6.45, 7) is 0.936. The molecule has 34 heavy (non-hydrogen) atoms. The standard InChI is InChI=1S/C27H23N5O2/c1-34-19-7-8-25-21(13-19)22(24-12-17-5-3-10-29-27(17)31-24)15-32(25)16-26(33)30-23-6-2-4-18-14-28-11-9-20(18)23/h2-8,10,12-15H,9,11,16H2,1H3,(H,29,31)(H,30,33). The van der Waals surface area contributed by atoms with Crippen molar-refractivity contribution >= 4 is 39.7 Å². The van der Waals surface area contributed by atoms with Gasteiger partial charge in [-0.15, -0.1) is 0 Å². The molecule has 0 spiro atoms. The quantitative estimate of drug-likeness (QED) is 0.404. The van der Waals surface area contributed by atoms with E-state index >= 15 is 0 Å². The highest BCUT2D eigenvalue weighted by atomic mass is 16.5. The molecule has 7 nitrogen and oxygen atoms in total. The van der Waals surface area contributed by atoms with Gasteiger partial charge in [0.2, 0.25) is 5.91 Å². The van der Waals surface area contributed by atoms with Gasteiger partial charge < -0.3 is 19.6 Å². The van der Waals surface area contributed by atoms with Crippen LogP contribution in [-0.2, 0) is 17.8 Å². The second-order valence-electron chi connectivity index (χ2n) is 8.38. The maximum atomic E-state index is 13.1. The molecule has 7 heteroatoms. The summed E-state index contributed by atoms with van der Waals surface area (Å²) in [7, 11) is 1.66. The largest absolute Gasteiger partial charge is 0.497 e. The van der Waals surface area contributed by atoms with E-state index < -0.39 is 0 Å². The number of aromatic amines is 1. The molecule has 1 amide bonds. The number of rotatable bonds is 5. The number of carbonyl (C=O) groups is 1. The van der Waals surface area contributed by atoms with Gasteiger partial charge in [0.1, 0.15) is 17.9 Å². The van der Waals surface area contributed by atoms with Crippen molar-refractivity contribution in [1.82, 2.24) is 14.5 Å². The number of benzene rings is 2. The van der Waals surface area contributed by atoms with E-state index in [1.807, 2.05) is 65.5 Å². The normalized spacial score (nSPS) is 12.7. The highest BCUT2D eigenvalue weighted by Crippen LogP contribution is 2.34. The predicted molar refractivity (Wildman–Crippen MR) is 135 cm³/mol. The molecule has 0 radical (unpaired) electrons. The van der Waals surface area contributed by atoms with Gasteiger partial charge in [0, 0.05) is 58.4 Å². The number of aromatic nitrogens is 3. The molecule has 0 fully saturated rings. The zero-order valence-corrected chi connectivity index (χ0v) is 18.7. The van der Waals surface area contributed by atoms with E-state index in [9.17, 15) is 4.79 Å². The number of nitrogens with one attached hydrogen (secondary N) is 2. The third-order valence-electron chi connectivity index (χ3n) is 6.29. The third-order valence-corrected chi connectivity index (χ3v) is 6.29. The Morgan fingerprint density at radius 3 is 3.00 bits per heavy atom. The molecule has 0 saturated carbocycles. The number of methoxy groups -OCH3 is 1. The molecule has 3 aromatic heterocycles. The zero-order valence-electron chi connectivity index (χ0n) is 18.7. The van der Waals surface area contributed by atoms with Crippen LogP contribution in [0.3, 0.4) is 0 Å². The predicted octanol–water partition coefficient (Wildman–Crippen LogP) is 4.81. The molecule has 0 aliphatic carbocycles. The average Bonchev–Trinajstić information content (AvgIpc) is 3.45. The van der Waals surface area contributed by atoms with Crippen molar-refractivity contribution in [2.75, 3.05) is 19.0 Å². The van der Waals surface area contributed by atoms with Gasteiger partial charge in [0.05, 0.1) is 7.11 Å². The van der Waals surface area contributed by atoms with Crippen molar-refractivity contribution < 1.29 is 9.53 Å². The molecule has 5 aromatic rings. The lowest BCUT2D eigenvalue weighted by molar-refractivity contribution is -0.116. The van der Waals surface area contributed by atoms with E-state index in [1.165, 1.54) is 0 Å². The van der Waals surface area contributed by atoms with Gasteiger partial charge in [-0.3, -0.25) is 9.79 Å². The first-order chi connectivity index (χ1) is 16.7. The van der Waals surface area contributed by atoms with Crippen molar-refractivity contribution in [2.45, 2.75) is 13.0 Å². The fraction of sp³-hybridized carbons (Fsp3) is 0.148. The van der Waals surface area contributed by atoms with Crippen LogP contribution in [0.25, 0.3) is 33.2 Å². The molecule has 1 aliphatic rings. The summed E-state index contributed by atoms with van der Waals surface area (Å²) in [5.74, 6) is 0.691. The third kappa shape index (κ3) is 3.51. The summed E-state index contributed by atoms with van der Waals surface area (Å²) < 4.78 is 7.45. The van der Waals surface area contributed by atoms with Crippen LogP contribution in [0.2, 0.25) is 0 Å². The molecule has 2 aromatic carbocycles. The molecular formula is C27H23N5O2. The van der Waals surface area contributed by atoms with Gasteiger partial charge in [-0.05, 0) is 60.0 Å². The average molecular weight is 450 g/mol. The zero-order chi connectivity index (χ0) is 23.1. The molecule has 4 heterocycles. The van der Waals surface area contributed by atoms with Crippen LogP contribution >= 0.6 is 0 Å². The minimum absolute atomic E-state index is 0.0755. The van der Waals surface area contributed by atoms with Gasteiger partial charge in [-0.25, -0.2) is 4.98 Å². The number of amides is 1. The maximum Gasteiger partial charge on any atom is 0.244 e. The number of aliphatic imine (C=N–C) groups is 1. The van der Waals surface area contributed by atoms with Crippen molar-refractivity contribution in [3.05, 3.63) is 78.1 Å². The minimum atomic E-state index is -0.0755. The van der Waals surface area contributed by atoms with E-state index in [0.717, 1.165) is 68.7 Å². The number of hydrogen-bond donors (Lipinski definition) is 2. The fourth-order valence-corrected chi connectivity index (χ4v) is 4.66. The maximum absolute atomic E-state index is 13.1. The van der Waals surface area contributed by atoms with Crippen LogP contribution in [0.1, 0.15) is 11.1 Å². The van der Waals surface area contributed by atoms with Crippen LogP contribution in [-0.4, -0.2) is 40.3 Å². The van der Waals surface area contributed by atoms with Crippen LogP contribution in [0.4, 0.5) is 5.69 Å². The summed E-state index contributed by atoms with van der Waals surface area (Å²) in [4.78, 5) is 25.3. The highest BCUT2D eigenvalue weighted by Gasteiger charge is 2.17. The Hall–Kier alpha value is -4.39. The molecule has 0 atom stereocenters. The van der Waals surface area contributed by atoms with Crippen LogP contribution < -0.4 is 10.1 Å². The first-order valence-corrected chi connectivity index (χ1v) is 11.2. The van der Waals surface area contributed by atoms with Gasteiger partial charge in [-0.1, -0.05) is 12.1 Å². The van der Waals surface area contributed by atoms with Crippen LogP contribution in [0.5, 0.6) is 5.75 Å². The molecule has 168 valence electrons. The summed E-state index contributed by atoms with van der Waals surface area (Å²) in [6, 6.07) is 17.9. The summed E-state index contributed by atoms with van der Waals surface area (Å²) in [6.07, 6.45) is 6.49. The Kier molecular flexibility index (Phi) is 4.87. The molecule has 0 unspecified atom stereocenters. The lowest BCUT2D eigenvalue weighted by Crippen LogP contribution is -2.20. The van der Waals surface area contributed by atoms with Gasteiger partial charge in [0.15, 0.2) is 0 Å². The highest BCUT2D eigenvalue weighted by molar-refractivity contribution is 6.00. The SMILES string of the molecule is COc1ccc2c(c1)c(-c1cc3cccnc3[nH]1)cn2CC(=O)Nc1cccc2c1CCN=C2. The lowest BCUT2D eigenvalue weighted by atomic mass is 10.0. The number of fused-ring (bicyclic) bond motifs is 3. The number of nitrogens with zero attached hydrogens (tertiary/aromatic N) is 3. The van der Waals surface area contributed by atoms with E-state index in [1.54, 1.807) is 13.3 Å². The number of pyridine rings is 1. The van der Waals surface area contributed by atoms with Crippen molar-refractivity contribution in [3.8, 4) is 17.0 Å². The molecule has 0 saturated heterocycles. The van der Waals surface area contributed by atoms with Gasteiger partial charge >= 0.3 is 0 Å². The van der Waals surface area contributed by atoms with Crippen LogP contribution in [0.15, 0.2) is 72.0 Å². The van der Waals surface area contributed by atoms with Crippen molar-refractivity contribution in [1.29, 1.82) is 0 Å². The number of H-pyrrole nitrogens is 1. The Morgan fingerprint density at radius 2 is 2.12 bits per heavy atom. The number of hydrogen-bond acceptors (Lipinski definition) is 4. The lowest BCUT2D eigenvalue weighted by Gasteiger charge is -2.16. The van der Waals surface area contributed by atoms with Crippen LogP contribution in [0, 0.1) is 0 Å². The molecule has 6 rings (SSSR count). The molecule has 1 aliphatic heterocycles. The van der Waals surface area contributed by atoms with E-state index in [2.05, 4.69) is 26.3 Å². The van der Waals surface area contributed by atoms with E-state index in [0.29, 0.717) is 0 Å². The number of anilines is 1. The summed E-state index contributed by atoms with van der Waals surface area (Å²) >= 11 is 0. The summed E-state index contributed by atoms with van der Waals surface area (Å²) in [5, 5.41) is 5.16.